The lowest BCUT2D eigenvalue weighted by Gasteiger charge is -2.36. The summed E-state index contributed by atoms with van der Waals surface area (Å²) in [4.78, 5) is 25.6. The number of carboxylic acids is 1. The zero-order valence-corrected chi connectivity index (χ0v) is 10.3. The van der Waals surface area contributed by atoms with E-state index in [4.69, 9.17) is 5.11 Å². The number of hydrogen-bond donors (Lipinski definition) is 2. The number of carbonyl (C=O) groups excluding carboxylic acids is 1. The molecule has 0 radical (unpaired) electrons. The number of urea groups is 1. The highest BCUT2D eigenvalue weighted by Gasteiger charge is 2.29. The Morgan fingerprint density at radius 2 is 2.12 bits per heavy atom. The summed E-state index contributed by atoms with van der Waals surface area (Å²) in [6, 6.07) is -0.256. The largest absolute Gasteiger partial charge is 0.480 e. The van der Waals surface area contributed by atoms with E-state index in [9.17, 15) is 14.7 Å². The molecule has 2 N–H and O–H groups in total. The van der Waals surface area contributed by atoms with E-state index in [0.717, 1.165) is 0 Å². The molecular weight excluding hydrogens is 224 g/mol. The molecule has 1 aliphatic rings. The first-order chi connectivity index (χ1) is 7.95. The number of likely N-dealkylation sites (N-methyl/N-ethyl adjacent to an activating group) is 1. The summed E-state index contributed by atoms with van der Waals surface area (Å²) in [5.41, 5.74) is 0. The quantitative estimate of drug-likeness (QED) is 0.744. The first-order valence-electron chi connectivity index (χ1n) is 5.89. The minimum absolute atomic E-state index is 0.0382. The topological polar surface area (TPSA) is 81.1 Å². The average Bonchev–Trinajstić information content (AvgIpc) is 2.28. The molecule has 98 valence electrons. The Balaban J connectivity index is 2.59. The molecular formula is C11H20N2O4. The molecule has 2 amide bonds. The molecule has 1 heterocycles. The van der Waals surface area contributed by atoms with Gasteiger partial charge >= 0.3 is 12.0 Å². The van der Waals surface area contributed by atoms with Crippen LogP contribution in [0.5, 0.6) is 0 Å². The summed E-state index contributed by atoms with van der Waals surface area (Å²) in [5.74, 6) is -0.971. The van der Waals surface area contributed by atoms with Crippen LogP contribution in [0, 0.1) is 5.92 Å². The van der Waals surface area contributed by atoms with E-state index in [1.54, 1.807) is 11.8 Å². The van der Waals surface area contributed by atoms with Crippen LogP contribution in [-0.2, 0) is 4.79 Å². The van der Waals surface area contributed by atoms with Gasteiger partial charge in [-0.3, -0.25) is 4.79 Å². The number of nitrogens with zero attached hydrogens (tertiary/aromatic N) is 2. The molecule has 0 aliphatic carbocycles. The number of aliphatic carboxylic acids is 1. The highest BCUT2D eigenvalue weighted by Crippen LogP contribution is 2.17. The van der Waals surface area contributed by atoms with Crippen molar-refractivity contribution in [2.75, 3.05) is 26.2 Å². The van der Waals surface area contributed by atoms with E-state index in [1.165, 1.54) is 4.90 Å². The number of carboxylic acid groups (broad SMARTS) is 1. The second-order valence-corrected chi connectivity index (χ2v) is 4.47. The average molecular weight is 244 g/mol. The third-order valence-electron chi connectivity index (χ3n) is 3.11. The van der Waals surface area contributed by atoms with Crippen LogP contribution in [0.25, 0.3) is 0 Å². The predicted molar refractivity (Wildman–Crippen MR) is 61.6 cm³/mol. The molecule has 1 fully saturated rings. The van der Waals surface area contributed by atoms with Gasteiger partial charge in [-0.15, -0.1) is 0 Å². The molecule has 0 aromatic heterocycles. The number of aliphatic hydroxyl groups is 1. The molecule has 1 rings (SSSR count). The Morgan fingerprint density at radius 1 is 1.47 bits per heavy atom. The number of likely N-dealkylation sites (tertiary alicyclic amines) is 1. The summed E-state index contributed by atoms with van der Waals surface area (Å²) in [6.07, 6.45) is 0.186. The molecule has 0 aromatic rings. The molecule has 0 bridgehead atoms. The Morgan fingerprint density at radius 3 is 2.59 bits per heavy atom. The third kappa shape index (κ3) is 3.59. The summed E-state index contributed by atoms with van der Waals surface area (Å²) in [7, 11) is 0. The standard InChI is InChI=1S/C11H20N2O4/c1-3-12(7-10(15)16)11(17)13-5-4-9(14)8(2)6-13/h8-9,14H,3-7H2,1-2H3,(H,15,16). The molecule has 0 spiro atoms. The van der Waals surface area contributed by atoms with E-state index in [-0.39, 0.29) is 24.6 Å². The van der Waals surface area contributed by atoms with Crippen LogP contribution in [0.2, 0.25) is 0 Å². The normalized spacial score (nSPS) is 24.5. The van der Waals surface area contributed by atoms with Crippen molar-refractivity contribution in [3.8, 4) is 0 Å². The van der Waals surface area contributed by atoms with Crippen molar-refractivity contribution >= 4 is 12.0 Å². The maximum Gasteiger partial charge on any atom is 0.323 e. The van der Waals surface area contributed by atoms with E-state index in [1.807, 2.05) is 6.92 Å². The number of hydrogen-bond acceptors (Lipinski definition) is 3. The highest BCUT2D eigenvalue weighted by atomic mass is 16.4. The van der Waals surface area contributed by atoms with Crippen LogP contribution in [0.1, 0.15) is 20.3 Å². The van der Waals surface area contributed by atoms with Crippen molar-refractivity contribution in [1.82, 2.24) is 9.80 Å². The molecule has 17 heavy (non-hydrogen) atoms. The maximum absolute atomic E-state index is 12.0. The van der Waals surface area contributed by atoms with E-state index in [2.05, 4.69) is 0 Å². The molecule has 6 heteroatoms. The number of rotatable bonds is 3. The van der Waals surface area contributed by atoms with Gasteiger partial charge in [-0.25, -0.2) is 4.79 Å². The van der Waals surface area contributed by atoms with E-state index < -0.39 is 5.97 Å². The Labute approximate surface area is 101 Å². The lowest BCUT2D eigenvalue weighted by atomic mass is 9.97. The van der Waals surface area contributed by atoms with Crippen LogP contribution < -0.4 is 0 Å². The molecule has 2 unspecified atom stereocenters. The predicted octanol–water partition coefficient (Wildman–Crippen LogP) is 0.216. The van der Waals surface area contributed by atoms with Crippen molar-refractivity contribution in [1.29, 1.82) is 0 Å². The Hall–Kier alpha value is -1.30. The van der Waals surface area contributed by atoms with E-state index >= 15 is 0 Å². The highest BCUT2D eigenvalue weighted by molar-refractivity contribution is 5.80. The van der Waals surface area contributed by atoms with Crippen LogP contribution in [0.3, 0.4) is 0 Å². The first kappa shape index (κ1) is 13.8. The van der Waals surface area contributed by atoms with Gasteiger partial charge in [0.2, 0.25) is 0 Å². The lowest BCUT2D eigenvalue weighted by molar-refractivity contribution is -0.137. The van der Waals surface area contributed by atoms with Crippen molar-refractivity contribution < 1.29 is 19.8 Å². The number of aliphatic hydroxyl groups excluding tert-OH is 1. The molecule has 2 atom stereocenters. The minimum Gasteiger partial charge on any atom is -0.480 e. The third-order valence-corrected chi connectivity index (χ3v) is 3.11. The molecule has 0 aromatic carbocycles. The number of carbonyl (C=O) groups is 2. The van der Waals surface area contributed by atoms with Crippen molar-refractivity contribution in [3.63, 3.8) is 0 Å². The van der Waals surface area contributed by atoms with Gasteiger partial charge in [0.05, 0.1) is 6.10 Å². The molecule has 1 aliphatic heterocycles. The van der Waals surface area contributed by atoms with Crippen LogP contribution >= 0.6 is 0 Å². The second-order valence-electron chi connectivity index (χ2n) is 4.47. The van der Waals surface area contributed by atoms with Crippen LogP contribution in [-0.4, -0.2) is 64.3 Å². The monoisotopic (exact) mass is 244 g/mol. The first-order valence-corrected chi connectivity index (χ1v) is 5.89. The van der Waals surface area contributed by atoms with Gasteiger partial charge in [-0.2, -0.15) is 0 Å². The Kier molecular flexibility index (Phi) is 4.74. The van der Waals surface area contributed by atoms with Gasteiger partial charge in [-0.1, -0.05) is 6.92 Å². The van der Waals surface area contributed by atoms with Gasteiger partial charge in [0.1, 0.15) is 6.54 Å². The molecule has 6 nitrogen and oxygen atoms in total. The van der Waals surface area contributed by atoms with Crippen LogP contribution in [0.4, 0.5) is 4.79 Å². The van der Waals surface area contributed by atoms with Crippen LogP contribution in [0.15, 0.2) is 0 Å². The second kappa shape index (κ2) is 5.86. The maximum atomic E-state index is 12.0. The summed E-state index contributed by atoms with van der Waals surface area (Å²) in [6.45, 7) is 4.71. The van der Waals surface area contributed by atoms with Crippen molar-refractivity contribution in [2.45, 2.75) is 26.4 Å². The molecule has 1 saturated heterocycles. The van der Waals surface area contributed by atoms with Gasteiger partial charge < -0.3 is 20.0 Å². The van der Waals surface area contributed by atoms with Gasteiger partial charge in [-0.05, 0) is 19.3 Å². The minimum atomic E-state index is -1.01. The van der Waals surface area contributed by atoms with Crippen molar-refractivity contribution in [2.24, 2.45) is 5.92 Å². The van der Waals surface area contributed by atoms with Crippen molar-refractivity contribution in [3.05, 3.63) is 0 Å². The fourth-order valence-electron chi connectivity index (χ4n) is 1.98. The number of piperidine rings is 1. The van der Waals surface area contributed by atoms with Gasteiger partial charge in [0.15, 0.2) is 0 Å². The van der Waals surface area contributed by atoms with E-state index in [0.29, 0.717) is 26.1 Å². The summed E-state index contributed by atoms with van der Waals surface area (Å²) < 4.78 is 0. The Bertz CT molecular complexity index is 295. The SMILES string of the molecule is CCN(CC(=O)O)C(=O)N1CCC(O)C(C)C1. The lowest BCUT2D eigenvalue weighted by Crippen LogP contribution is -2.51. The smallest absolute Gasteiger partial charge is 0.323 e. The summed E-state index contributed by atoms with van der Waals surface area (Å²) >= 11 is 0. The van der Waals surface area contributed by atoms with Gasteiger partial charge in [0, 0.05) is 19.6 Å². The zero-order valence-electron chi connectivity index (χ0n) is 10.3. The summed E-state index contributed by atoms with van der Waals surface area (Å²) in [5, 5.41) is 18.3. The number of amides is 2. The zero-order chi connectivity index (χ0) is 13.0. The fourth-order valence-corrected chi connectivity index (χ4v) is 1.98. The van der Waals surface area contributed by atoms with Gasteiger partial charge in [0.25, 0.3) is 0 Å². The fraction of sp³-hybridized carbons (Fsp3) is 0.818. The molecule has 0 saturated carbocycles.